The number of anilines is 1. The van der Waals surface area contributed by atoms with E-state index < -0.39 is 22.0 Å². The molecule has 2 heterocycles. The van der Waals surface area contributed by atoms with E-state index in [0.717, 1.165) is 5.56 Å². The van der Waals surface area contributed by atoms with Crippen molar-refractivity contribution in [1.82, 2.24) is 9.62 Å². The topological polar surface area (TPSA) is 96.0 Å². The SMILES string of the molecule is O=C(NCc1ccccc1)[C@H]1CN(C(=O)[C@H]2CCCN(S(=O)(=O)c3cc(Cl)ccc3Cl)C2)c2ccccc2O1. The Kier molecular flexibility index (Phi) is 8.13. The van der Waals surface area contributed by atoms with E-state index in [0.29, 0.717) is 30.8 Å². The van der Waals surface area contributed by atoms with Gasteiger partial charge in [-0.15, -0.1) is 0 Å². The Morgan fingerprint density at radius 1 is 0.974 bits per heavy atom. The lowest BCUT2D eigenvalue weighted by molar-refractivity contribution is -0.129. The Morgan fingerprint density at radius 3 is 2.51 bits per heavy atom. The van der Waals surface area contributed by atoms with Gasteiger partial charge >= 0.3 is 0 Å². The summed E-state index contributed by atoms with van der Waals surface area (Å²) in [7, 11) is -3.97. The van der Waals surface area contributed by atoms with Gasteiger partial charge in [0.05, 0.1) is 23.2 Å². The number of piperidine rings is 1. The second kappa shape index (κ2) is 11.6. The molecule has 204 valence electrons. The van der Waals surface area contributed by atoms with E-state index in [4.69, 9.17) is 27.9 Å². The molecule has 3 aromatic rings. The average Bonchev–Trinajstić information content (AvgIpc) is 2.96. The average molecular weight is 589 g/mol. The minimum absolute atomic E-state index is 0.00555. The van der Waals surface area contributed by atoms with Gasteiger partial charge in [0.2, 0.25) is 15.9 Å². The minimum Gasteiger partial charge on any atom is -0.477 e. The van der Waals surface area contributed by atoms with Crippen molar-refractivity contribution in [3.63, 3.8) is 0 Å². The Morgan fingerprint density at radius 2 is 1.72 bits per heavy atom. The maximum Gasteiger partial charge on any atom is 0.263 e. The zero-order valence-corrected chi connectivity index (χ0v) is 23.3. The summed E-state index contributed by atoms with van der Waals surface area (Å²) in [6.07, 6.45) is 0.0977. The summed E-state index contributed by atoms with van der Waals surface area (Å²) in [4.78, 5) is 28.4. The number of hydrogen-bond acceptors (Lipinski definition) is 5. The third kappa shape index (κ3) is 5.91. The van der Waals surface area contributed by atoms with Gasteiger partial charge in [-0.3, -0.25) is 9.59 Å². The molecule has 8 nitrogen and oxygen atoms in total. The first-order valence-corrected chi connectivity index (χ1v) is 14.8. The number of halogens is 2. The number of carbonyl (C=O) groups excluding carboxylic acids is 2. The monoisotopic (exact) mass is 587 g/mol. The van der Waals surface area contributed by atoms with Gasteiger partial charge in [-0.1, -0.05) is 65.7 Å². The maximum absolute atomic E-state index is 13.9. The number of hydrogen-bond donors (Lipinski definition) is 1. The van der Waals surface area contributed by atoms with Crippen LogP contribution in [-0.2, 0) is 26.2 Å². The van der Waals surface area contributed by atoms with Crippen LogP contribution >= 0.6 is 23.2 Å². The van der Waals surface area contributed by atoms with Crippen LogP contribution in [0.2, 0.25) is 10.0 Å². The van der Waals surface area contributed by atoms with Gasteiger partial charge in [0.1, 0.15) is 10.6 Å². The fraction of sp³-hybridized carbons (Fsp3) is 0.286. The molecule has 0 aromatic heterocycles. The van der Waals surface area contributed by atoms with E-state index in [9.17, 15) is 18.0 Å². The molecule has 0 unspecified atom stereocenters. The van der Waals surface area contributed by atoms with Crippen LogP contribution in [0.5, 0.6) is 5.75 Å². The van der Waals surface area contributed by atoms with Gasteiger partial charge in [0, 0.05) is 24.7 Å². The predicted octanol–water partition coefficient (Wildman–Crippen LogP) is 4.50. The molecule has 1 N–H and O–H groups in total. The number of para-hydroxylation sites is 2. The molecule has 0 aliphatic carbocycles. The van der Waals surface area contributed by atoms with E-state index in [2.05, 4.69) is 5.32 Å². The predicted molar refractivity (Wildman–Crippen MR) is 149 cm³/mol. The molecule has 11 heteroatoms. The lowest BCUT2D eigenvalue weighted by Gasteiger charge is -2.38. The number of rotatable bonds is 6. The van der Waals surface area contributed by atoms with Crippen LogP contribution in [0.15, 0.2) is 77.7 Å². The molecule has 0 spiro atoms. The summed E-state index contributed by atoms with van der Waals surface area (Å²) in [6, 6.07) is 20.8. The Bertz CT molecular complexity index is 1490. The molecule has 2 amide bonds. The van der Waals surface area contributed by atoms with Crippen molar-refractivity contribution in [2.24, 2.45) is 5.92 Å². The molecule has 2 aliphatic rings. The molecule has 0 bridgehead atoms. The third-order valence-electron chi connectivity index (χ3n) is 6.89. The number of ether oxygens (including phenoxy) is 1. The number of nitrogens with one attached hydrogen (secondary N) is 1. The van der Waals surface area contributed by atoms with E-state index in [1.54, 1.807) is 29.2 Å². The molecule has 3 aromatic carbocycles. The Hall–Kier alpha value is -3.11. The lowest BCUT2D eigenvalue weighted by atomic mass is 9.97. The number of fused-ring (bicyclic) bond motifs is 1. The van der Waals surface area contributed by atoms with Crippen LogP contribution in [0.1, 0.15) is 18.4 Å². The fourth-order valence-corrected chi connectivity index (χ4v) is 7.14. The number of carbonyl (C=O) groups is 2. The highest BCUT2D eigenvalue weighted by atomic mass is 35.5. The Balaban J connectivity index is 1.34. The molecular weight excluding hydrogens is 561 g/mol. The minimum atomic E-state index is -3.97. The number of sulfonamides is 1. The van der Waals surface area contributed by atoms with Crippen molar-refractivity contribution in [2.45, 2.75) is 30.4 Å². The highest BCUT2D eigenvalue weighted by Gasteiger charge is 2.40. The van der Waals surface area contributed by atoms with Crippen LogP contribution in [0.3, 0.4) is 0 Å². The van der Waals surface area contributed by atoms with E-state index in [1.807, 2.05) is 30.3 Å². The second-order valence-electron chi connectivity index (χ2n) is 9.50. The van der Waals surface area contributed by atoms with E-state index in [1.165, 1.54) is 22.5 Å². The van der Waals surface area contributed by atoms with Crippen molar-refractivity contribution in [3.8, 4) is 5.75 Å². The van der Waals surface area contributed by atoms with E-state index >= 15 is 0 Å². The van der Waals surface area contributed by atoms with Crippen LogP contribution in [0.4, 0.5) is 5.69 Å². The van der Waals surface area contributed by atoms with Crippen LogP contribution in [0.25, 0.3) is 0 Å². The summed E-state index contributed by atoms with van der Waals surface area (Å²) in [5.74, 6) is -0.785. The van der Waals surface area contributed by atoms with Gasteiger partial charge in [-0.05, 0) is 48.7 Å². The normalized spacial score (nSPS) is 19.6. The molecule has 1 fully saturated rings. The zero-order chi connectivity index (χ0) is 27.6. The molecule has 0 saturated carbocycles. The molecule has 2 aliphatic heterocycles. The Labute approximate surface area is 237 Å². The second-order valence-corrected chi connectivity index (χ2v) is 12.3. The zero-order valence-electron chi connectivity index (χ0n) is 20.9. The smallest absolute Gasteiger partial charge is 0.263 e. The standard InChI is InChI=1S/C28H27Cl2N3O5S/c29-21-12-13-22(30)26(15-21)39(36,37)32-14-6-9-20(17-32)28(35)33-18-25(38-24-11-5-4-10-23(24)33)27(34)31-16-19-7-2-1-3-8-19/h1-5,7-8,10-13,15,20,25H,6,9,14,16-18H2,(H,31,34)/t20-,25+/m0/s1. The van der Waals surface area contributed by atoms with Crippen molar-refractivity contribution < 1.29 is 22.7 Å². The first-order valence-electron chi connectivity index (χ1n) is 12.6. The van der Waals surface area contributed by atoms with Gasteiger partial charge < -0.3 is 15.0 Å². The number of nitrogens with zero attached hydrogens (tertiary/aromatic N) is 2. The first kappa shape index (κ1) is 27.5. The quantitative estimate of drug-likeness (QED) is 0.458. The van der Waals surface area contributed by atoms with Gasteiger partial charge in [-0.25, -0.2) is 8.42 Å². The maximum atomic E-state index is 13.9. The van der Waals surface area contributed by atoms with Crippen LogP contribution < -0.4 is 15.0 Å². The summed E-state index contributed by atoms with van der Waals surface area (Å²) < 4.78 is 34.1. The fourth-order valence-electron chi connectivity index (χ4n) is 4.88. The van der Waals surface area contributed by atoms with Crippen molar-refractivity contribution in [3.05, 3.63) is 88.4 Å². The summed E-state index contributed by atoms with van der Waals surface area (Å²) in [6.45, 7) is 0.601. The highest BCUT2D eigenvalue weighted by molar-refractivity contribution is 7.89. The first-order chi connectivity index (χ1) is 18.7. The van der Waals surface area contributed by atoms with Gasteiger partial charge in [0.25, 0.3) is 5.91 Å². The number of amides is 2. The van der Waals surface area contributed by atoms with Crippen molar-refractivity contribution >= 4 is 50.7 Å². The van der Waals surface area contributed by atoms with Crippen molar-refractivity contribution in [1.29, 1.82) is 0 Å². The molecule has 0 radical (unpaired) electrons. The van der Waals surface area contributed by atoms with E-state index in [-0.39, 0.29) is 46.4 Å². The summed E-state index contributed by atoms with van der Waals surface area (Å²) >= 11 is 12.2. The molecule has 5 rings (SSSR count). The highest BCUT2D eigenvalue weighted by Crippen LogP contribution is 2.36. The lowest BCUT2D eigenvalue weighted by Crippen LogP contribution is -2.53. The molecule has 2 atom stereocenters. The van der Waals surface area contributed by atoms with Gasteiger partial charge in [0.15, 0.2) is 6.10 Å². The number of benzene rings is 3. The third-order valence-corrected chi connectivity index (χ3v) is 9.47. The molecular formula is C28H27Cl2N3O5S. The molecule has 1 saturated heterocycles. The van der Waals surface area contributed by atoms with Gasteiger partial charge in [-0.2, -0.15) is 4.31 Å². The van der Waals surface area contributed by atoms with Crippen molar-refractivity contribution in [2.75, 3.05) is 24.5 Å². The largest absolute Gasteiger partial charge is 0.477 e. The van der Waals surface area contributed by atoms with Crippen LogP contribution in [0, 0.1) is 5.92 Å². The molecule has 39 heavy (non-hydrogen) atoms. The summed E-state index contributed by atoms with van der Waals surface area (Å²) in [5.41, 5.74) is 1.49. The summed E-state index contributed by atoms with van der Waals surface area (Å²) in [5, 5.41) is 3.20. The van der Waals surface area contributed by atoms with Crippen LogP contribution in [-0.4, -0.2) is 50.3 Å².